The summed E-state index contributed by atoms with van der Waals surface area (Å²) in [6.07, 6.45) is 1.99. The summed E-state index contributed by atoms with van der Waals surface area (Å²) >= 11 is 1.37. The lowest BCUT2D eigenvalue weighted by Crippen LogP contribution is -2.01. The predicted molar refractivity (Wildman–Crippen MR) is 63.1 cm³/mol. The van der Waals surface area contributed by atoms with E-state index in [0.717, 1.165) is 11.3 Å². The number of methoxy groups -OCH3 is 1. The molecular formula is C12H11NO2S. The van der Waals surface area contributed by atoms with E-state index in [0.29, 0.717) is 11.3 Å². The molecule has 0 unspecified atom stereocenters. The number of hydrogen-bond acceptors (Lipinski definition) is 4. The van der Waals surface area contributed by atoms with Crippen LogP contribution in [0.4, 0.5) is 0 Å². The second kappa shape index (κ2) is 4.90. The summed E-state index contributed by atoms with van der Waals surface area (Å²) in [7, 11) is 1.62. The molecule has 0 aliphatic carbocycles. The molecule has 0 amide bonds. The molecule has 4 heteroatoms. The average Bonchev–Trinajstić information content (AvgIpc) is 2.83. The van der Waals surface area contributed by atoms with E-state index in [1.165, 1.54) is 11.3 Å². The van der Waals surface area contributed by atoms with Gasteiger partial charge in [-0.25, -0.2) is 0 Å². The summed E-state index contributed by atoms with van der Waals surface area (Å²) in [6, 6.07) is 7.54. The number of thiazole rings is 1. The van der Waals surface area contributed by atoms with Crippen molar-refractivity contribution in [3.8, 4) is 5.75 Å². The number of ether oxygens (including phenoxy) is 1. The van der Waals surface area contributed by atoms with Crippen LogP contribution < -0.4 is 4.74 Å². The van der Waals surface area contributed by atoms with Crippen molar-refractivity contribution in [1.82, 2.24) is 4.98 Å². The highest BCUT2D eigenvalue weighted by molar-refractivity contribution is 7.11. The lowest BCUT2D eigenvalue weighted by atomic mass is 10.1. The van der Waals surface area contributed by atoms with Crippen molar-refractivity contribution in [2.75, 3.05) is 7.11 Å². The summed E-state index contributed by atoms with van der Waals surface area (Å²) in [6.45, 7) is 0. The van der Waals surface area contributed by atoms with Crippen LogP contribution in [0.3, 0.4) is 0 Å². The van der Waals surface area contributed by atoms with Crippen molar-refractivity contribution in [2.45, 2.75) is 6.42 Å². The highest BCUT2D eigenvalue weighted by Crippen LogP contribution is 2.16. The Morgan fingerprint density at radius 1 is 1.50 bits per heavy atom. The summed E-state index contributed by atoms with van der Waals surface area (Å²) < 4.78 is 5.11. The van der Waals surface area contributed by atoms with E-state index >= 15 is 0 Å². The Bertz CT molecular complexity index is 480. The first-order valence-corrected chi connectivity index (χ1v) is 5.72. The van der Waals surface area contributed by atoms with E-state index in [1.54, 1.807) is 18.8 Å². The van der Waals surface area contributed by atoms with Crippen molar-refractivity contribution >= 4 is 17.1 Å². The molecule has 0 N–H and O–H groups in total. The topological polar surface area (TPSA) is 39.2 Å². The smallest absolute Gasteiger partial charge is 0.178 e. The highest BCUT2D eigenvalue weighted by Gasteiger charge is 2.08. The molecule has 0 atom stereocenters. The van der Waals surface area contributed by atoms with Crippen LogP contribution in [-0.4, -0.2) is 17.9 Å². The van der Waals surface area contributed by atoms with E-state index in [9.17, 15) is 4.79 Å². The van der Waals surface area contributed by atoms with Crippen LogP contribution in [0.2, 0.25) is 0 Å². The minimum Gasteiger partial charge on any atom is -0.497 e. The highest BCUT2D eigenvalue weighted by atomic mass is 32.1. The molecule has 1 heterocycles. The van der Waals surface area contributed by atoms with Crippen LogP contribution in [0.25, 0.3) is 0 Å². The van der Waals surface area contributed by atoms with Crippen LogP contribution in [-0.2, 0) is 6.42 Å². The van der Waals surface area contributed by atoms with Gasteiger partial charge in [0, 0.05) is 12.6 Å². The minimum atomic E-state index is 0.0933. The molecule has 0 radical (unpaired) electrons. The lowest BCUT2D eigenvalue weighted by molar-refractivity contribution is 0.0996. The predicted octanol–water partition coefficient (Wildman–Crippen LogP) is 2.58. The number of ketones is 1. The van der Waals surface area contributed by atoms with E-state index in [4.69, 9.17) is 4.74 Å². The fourth-order valence-corrected chi connectivity index (χ4v) is 1.97. The number of aromatic nitrogens is 1. The molecule has 3 nitrogen and oxygen atoms in total. The second-order valence-corrected chi connectivity index (χ2v) is 4.20. The standard InChI is InChI=1S/C12H11NO2S/c1-15-10-4-2-3-9(5-10)6-11(14)12-7-13-8-16-12/h2-5,7-8H,6H2,1H3. The van der Waals surface area contributed by atoms with Gasteiger partial charge in [0.1, 0.15) is 5.75 Å². The third kappa shape index (κ3) is 2.46. The fourth-order valence-electron chi connectivity index (χ4n) is 1.41. The number of carbonyl (C=O) groups excluding carboxylic acids is 1. The van der Waals surface area contributed by atoms with Gasteiger partial charge in [0.25, 0.3) is 0 Å². The van der Waals surface area contributed by atoms with Gasteiger partial charge in [-0.2, -0.15) is 0 Å². The SMILES string of the molecule is COc1cccc(CC(=O)c2cncs2)c1. The van der Waals surface area contributed by atoms with Gasteiger partial charge in [-0.3, -0.25) is 9.78 Å². The van der Waals surface area contributed by atoms with Crippen LogP contribution in [0.5, 0.6) is 5.75 Å². The quantitative estimate of drug-likeness (QED) is 0.762. The Kier molecular flexibility index (Phi) is 3.31. The van der Waals surface area contributed by atoms with Gasteiger partial charge in [0.2, 0.25) is 0 Å². The molecule has 0 bridgehead atoms. The monoisotopic (exact) mass is 233 g/mol. The third-order valence-corrected chi connectivity index (χ3v) is 3.02. The Labute approximate surface area is 97.7 Å². The number of benzene rings is 1. The molecule has 2 aromatic rings. The molecule has 0 spiro atoms. The molecule has 16 heavy (non-hydrogen) atoms. The van der Waals surface area contributed by atoms with Crippen LogP contribution in [0.15, 0.2) is 36.0 Å². The normalized spacial score (nSPS) is 10.1. The summed E-state index contributed by atoms with van der Waals surface area (Å²) in [4.78, 5) is 16.4. The Morgan fingerprint density at radius 2 is 2.38 bits per heavy atom. The van der Waals surface area contributed by atoms with Crippen LogP contribution in [0.1, 0.15) is 15.2 Å². The maximum absolute atomic E-state index is 11.8. The fraction of sp³-hybridized carbons (Fsp3) is 0.167. The molecule has 2 rings (SSSR count). The summed E-state index contributed by atoms with van der Waals surface area (Å²) in [5.74, 6) is 0.866. The van der Waals surface area contributed by atoms with E-state index in [-0.39, 0.29) is 5.78 Å². The molecular weight excluding hydrogens is 222 g/mol. The van der Waals surface area contributed by atoms with Gasteiger partial charge in [-0.05, 0) is 17.7 Å². The van der Waals surface area contributed by atoms with E-state index in [2.05, 4.69) is 4.98 Å². The first kappa shape index (κ1) is 10.8. The number of hydrogen-bond donors (Lipinski definition) is 0. The Morgan fingerprint density at radius 3 is 3.06 bits per heavy atom. The first-order chi connectivity index (χ1) is 7.79. The second-order valence-electron chi connectivity index (χ2n) is 3.32. The zero-order valence-corrected chi connectivity index (χ0v) is 9.66. The van der Waals surface area contributed by atoms with Gasteiger partial charge < -0.3 is 4.74 Å². The van der Waals surface area contributed by atoms with Crippen molar-refractivity contribution in [1.29, 1.82) is 0 Å². The summed E-state index contributed by atoms with van der Waals surface area (Å²) in [5, 5.41) is 0. The van der Waals surface area contributed by atoms with Gasteiger partial charge in [0.05, 0.1) is 17.5 Å². The van der Waals surface area contributed by atoms with Gasteiger partial charge in [-0.1, -0.05) is 12.1 Å². The van der Waals surface area contributed by atoms with E-state index in [1.807, 2.05) is 24.3 Å². The third-order valence-electron chi connectivity index (χ3n) is 2.21. The molecule has 0 fully saturated rings. The van der Waals surface area contributed by atoms with Crippen molar-refractivity contribution < 1.29 is 9.53 Å². The zero-order valence-electron chi connectivity index (χ0n) is 8.84. The first-order valence-electron chi connectivity index (χ1n) is 4.84. The molecule has 1 aromatic carbocycles. The van der Waals surface area contributed by atoms with Crippen molar-refractivity contribution in [3.63, 3.8) is 0 Å². The molecule has 1 aromatic heterocycles. The zero-order chi connectivity index (χ0) is 11.4. The lowest BCUT2D eigenvalue weighted by Gasteiger charge is -2.02. The maximum atomic E-state index is 11.8. The number of Topliss-reactive ketones (excluding diaryl/α,β-unsaturated/α-hetero) is 1. The molecule has 0 saturated heterocycles. The van der Waals surface area contributed by atoms with Gasteiger partial charge in [0.15, 0.2) is 5.78 Å². The van der Waals surface area contributed by atoms with E-state index < -0.39 is 0 Å². The maximum Gasteiger partial charge on any atom is 0.178 e. The largest absolute Gasteiger partial charge is 0.497 e. The minimum absolute atomic E-state index is 0.0933. The van der Waals surface area contributed by atoms with Crippen LogP contribution >= 0.6 is 11.3 Å². The van der Waals surface area contributed by atoms with Crippen molar-refractivity contribution in [3.05, 3.63) is 46.4 Å². The Hall–Kier alpha value is -1.68. The molecule has 0 saturated carbocycles. The summed E-state index contributed by atoms with van der Waals surface area (Å²) in [5.41, 5.74) is 2.62. The van der Waals surface area contributed by atoms with Gasteiger partial charge in [-0.15, -0.1) is 11.3 Å². The molecule has 0 aliphatic rings. The Balaban J connectivity index is 2.12. The molecule has 0 aliphatic heterocycles. The number of nitrogens with zero attached hydrogens (tertiary/aromatic N) is 1. The average molecular weight is 233 g/mol. The van der Waals surface area contributed by atoms with Crippen LogP contribution in [0, 0.1) is 0 Å². The number of rotatable bonds is 4. The van der Waals surface area contributed by atoms with Crippen molar-refractivity contribution in [2.24, 2.45) is 0 Å². The molecule has 82 valence electrons. The van der Waals surface area contributed by atoms with Gasteiger partial charge >= 0.3 is 0 Å². The number of carbonyl (C=O) groups is 1.